The number of hydrogen-bond donors (Lipinski definition) is 1. The number of aryl methyl sites for hydroxylation is 2. The first-order chi connectivity index (χ1) is 11.0. The number of nitrogens with zero attached hydrogens (tertiary/aromatic N) is 2. The van der Waals surface area contributed by atoms with E-state index in [1.165, 1.54) is 24.8 Å². The molecule has 1 heterocycles. The summed E-state index contributed by atoms with van der Waals surface area (Å²) in [4.78, 5) is 12.6. The van der Waals surface area contributed by atoms with Gasteiger partial charge in [0.15, 0.2) is 0 Å². The fourth-order valence-electron chi connectivity index (χ4n) is 3.82. The van der Waals surface area contributed by atoms with Crippen LogP contribution in [0.25, 0.3) is 0 Å². The van der Waals surface area contributed by atoms with Crippen molar-refractivity contribution in [2.75, 3.05) is 5.32 Å². The van der Waals surface area contributed by atoms with Gasteiger partial charge in [0.05, 0.1) is 11.3 Å². The molecule has 1 aromatic carbocycles. The SMILES string of the molecule is Cc1nn(C)cc1C(=O)Nc1ccccc1[C@@H]1C[C@H]1C1(C)CC1. The van der Waals surface area contributed by atoms with Crippen molar-refractivity contribution in [2.45, 2.75) is 39.0 Å². The Hall–Kier alpha value is -2.10. The van der Waals surface area contributed by atoms with Crippen LogP contribution in [0.2, 0.25) is 0 Å². The van der Waals surface area contributed by atoms with Gasteiger partial charge in [-0.2, -0.15) is 5.10 Å². The highest BCUT2D eigenvalue weighted by molar-refractivity contribution is 6.05. The first kappa shape index (κ1) is 14.5. The molecule has 4 rings (SSSR count). The maximum absolute atomic E-state index is 12.6. The van der Waals surface area contributed by atoms with Crippen molar-refractivity contribution in [3.63, 3.8) is 0 Å². The van der Waals surface area contributed by atoms with E-state index < -0.39 is 0 Å². The second-order valence-electron chi connectivity index (χ2n) is 7.45. The Labute approximate surface area is 136 Å². The monoisotopic (exact) mass is 309 g/mol. The van der Waals surface area contributed by atoms with E-state index in [9.17, 15) is 4.79 Å². The van der Waals surface area contributed by atoms with E-state index in [0.717, 1.165) is 17.3 Å². The molecule has 0 unspecified atom stereocenters. The average molecular weight is 309 g/mol. The number of benzene rings is 1. The van der Waals surface area contributed by atoms with Gasteiger partial charge in [-0.3, -0.25) is 9.48 Å². The molecular weight excluding hydrogens is 286 g/mol. The number of anilines is 1. The highest BCUT2D eigenvalue weighted by Crippen LogP contribution is 2.67. The van der Waals surface area contributed by atoms with Crippen LogP contribution in [0.5, 0.6) is 0 Å². The number of aromatic nitrogens is 2. The highest BCUT2D eigenvalue weighted by atomic mass is 16.1. The van der Waals surface area contributed by atoms with Crippen LogP contribution >= 0.6 is 0 Å². The van der Waals surface area contributed by atoms with Crippen molar-refractivity contribution in [1.29, 1.82) is 0 Å². The van der Waals surface area contributed by atoms with Gasteiger partial charge in [-0.25, -0.2) is 0 Å². The Morgan fingerprint density at radius 1 is 1.35 bits per heavy atom. The number of rotatable bonds is 4. The van der Waals surface area contributed by atoms with Gasteiger partial charge in [0, 0.05) is 18.9 Å². The maximum Gasteiger partial charge on any atom is 0.259 e. The summed E-state index contributed by atoms with van der Waals surface area (Å²) in [6.45, 7) is 4.27. The fraction of sp³-hybridized carbons (Fsp3) is 0.474. The molecule has 0 saturated heterocycles. The third kappa shape index (κ3) is 2.56. The van der Waals surface area contributed by atoms with Crippen LogP contribution in [0.3, 0.4) is 0 Å². The minimum absolute atomic E-state index is 0.0714. The van der Waals surface area contributed by atoms with Crippen molar-refractivity contribution in [3.05, 3.63) is 47.3 Å². The molecular formula is C19H23N3O. The van der Waals surface area contributed by atoms with Crippen LogP contribution in [-0.2, 0) is 7.05 Å². The molecule has 2 aromatic rings. The van der Waals surface area contributed by atoms with Crippen LogP contribution in [0, 0.1) is 18.3 Å². The van der Waals surface area contributed by atoms with Gasteiger partial charge < -0.3 is 5.32 Å². The number of para-hydroxylation sites is 1. The van der Waals surface area contributed by atoms with E-state index in [1.807, 2.05) is 26.1 Å². The van der Waals surface area contributed by atoms with Crippen molar-refractivity contribution in [1.82, 2.24) is 9.78 Å². The van der Waals surface area contributed by atoms with Crippen molar-refractivity contribution in [3.8, 4) is 0 Å². The van der Waals surface area contributed by atoms with E-state index in [0.29, 0.717) is 16.9 Å². The Balaban J connectivity index is 1.56. The lowest BCUT2D eigenvalue weighted by molar-refractivity contribution is 0.102. The lowest BCUT2D eigenvalue weighted by Crippen LogP contribution is -2.14. The first-order valence-corrected chi connectivity index (χ1v) is 8.38. The van der Waals surface area contributed by atoms with E-state index in [4.69, 9.17) is 0 Å². The van der Waals surface area contributed by atoms with E-state index in [2.05, 4.69) is 29.5 Å². The van der Waals surface area contributed by atoms with Crippen molar-refractivity contribution >= 4 is 11.6 Å². The number of nitrogens with one attached hydrogen (secondary N) is 1. The molecule has 2 fully saturated rings. The lowest BCUT2D eigenvalue weighted by Gasteiger charge is -2.12. The average Bonchev–Trinajstić information content (AvgIpc) is 3.41. The highest BCUT2D eigenvalue weighted by Gasteiger charge is 2.56. The standard InChI is InChI=1S/C19H23N3O/c1-12-15(11-22(3)21-12)18(23)20-17-7-5-4-6-13(17)14-10-16(14)19(2)8-9-19/h4-7,11,14,16H,8-10H2,1-3H3,(H,20,23)/t14-,16+/m0/s1. The molecule has 2 aliphatic carbocycles. The molecule has 4 nitrogen and oxygen atoms in total. The van der Waals surface area contributed by atoms with E-state index in [-0.39, 0.29) is 5.91 Å². The Morgan fingerprint density at radius 3 is 2.74 bits per heavy atom. The summed E-state index contributed by atoms with van der Waals surface area (Å²) in [7, 11) is 1.84. The molecule has 1 amide bonds. The maximum atomic E-state index is 12.6. The van der Waals surface area contributed by atoms with Crippen LogP contribution in [-0.4, -0.2) is 15.7 Å². The van der Waals surface area contributed by atoms with Gasteiger partial charge in [0.2, 0.25) is 0 Å². The molecule has 0 radical (unpaired) electrons. The summed E-state index contributed by atoms with van der Waals surface area (Å²) in [5.74, 6) is 1.33. The third-order valence-electron chi connectivity index (χ3n) is 5.59. The predicted octanol–water partition coefficient (Wildman–Crippen LogP) is 3.88. The van der Waals surface area contributed by atoms with Crippen molar-refractivity contribution in [2.24, 2.45) is 18.4 Å². The van der Waals surface area contributed by atoms with Crippen LogP contribution in [0.1, 0.15) is 53.7 Å². The molecule has 4 heteroatoms. The zero-order valence-corrected chi connectivity index (χ0v) is 14.0. The normalized spacial score (nSPS) is 24.3. The largest absolute Gasteiger partial charge is 0.322 e. The summed E-state index contributed by atoms with van der Waals surface area (Å²) in [5, 5.41) is 7.35. The van der Waals surface area contributed by atoms with Gasteiger partial charge in [0.25, 0.3) is 5.91 Å². The molecule has 0 bridgehead atoms. The molecule has 2 saturated carbocycles. The molecule has 0 aliphatic heterocycles. The summed E-state index contributed by atoms with van der Waals surface area (Å²) in [6.07, 6.45) is 5.75. The van der Waals surface area contributed by atoms with Gasteiger partial charge in [-0.15, -0.1) is 0 Å². The molecule has 23 heavy (non-hydrogen) atoms. The quantitative estimate of drug-likeness (QED) is 0.931. The molecule has 1 aromatic heterocycles. The molecule has 1 N–H and O–H groups in total. The minimum atomic E-state index is -0.0714. The second kappa shape index (κ2) is 4.95. The number of hydrogen-bond acceptors (Lipinski definition) is 2. The van der Waals surface area contributed by atoms with Gasteiger partial charge in [-0.05, 0) is 55.1 Å². The number of carbonyl (C=O) groups excluding carboxylic acids is 1. The molecule has 2 aliphatic rings. The van der Waals surface area contributed by atoms with Gasteiger partial charge in [-0.1, -0.05) is 25.1 Å². The summed E-state index contributed by atoms with van der Waals surface area (Å²) >= 11 is 0. The third-order valence-corrected chi connectivity index (χ3v) is 5.59. The van der Waals surface area contributed by atoms with Crippen LogP contribution < -0.4 is 5.32 Å². The minimum Gasteiger partial charge on any atom is -0.322 e. The van der Waals surface area contributed by atoms with Crippen LogP contribution in [0.15, 0.2) is 30.5 Å². The Bertz CT molecular complexity index is 773. The summed E-state index contributed by atoms with van der Waals surface area (Å²) < 4.78 is 1.68. The molecule has 0 spiro atoms. The first-order valence-electron chi connectivity index (χ1n) is 8.38. The molecule has 120 valence electrons. The molecule has 2 atom stereocenters. The topological polar surface area (TPSA) is 46.9 Å². The lowest BCUT2D eigenvalue weighted by atomic mass is 9.97. The van der Waals surface area contributed by atoms with Gasteiger partial charge >= 0.3 is 0 Å². The summed E-state index contributed by atoms with van der Waals surface area (Å²) in [6, 6.07) is 8.25. The second-order valence-corrected chi connectivity index (χ2v) is 7.45. The smallest absolute Gasteiger partial charge is 0.259 e. The zero-order valence-electron chi connectivity index (χ0n) is 14.0. The Kier molecular flexibility index (Phi) is 3.12. The van der Waals surface area contributed by atoms with Crippen molar-refractivity contribution < 1.29 is 4.79 Å². The Morgan fingerprint density at radius 2 is 2.09 bits per heavy atom. The van der Waals surface area contributed by atoms with Crippen LogP contribution in [0.4, 0.5) is 5.69 Å². The number of carbonyl (C=O) groups is 1. The van der Waals surface area contributed by atoms with E-state index in [1.54, 1.807) is 10.9 Å². The zero-order chi connectivity index (χ0) is 16.2. The predicted molar refractivity (Wildman–Crippen MR) is 90.5 cm³/mol. The van der Waals surface area contributed by atoms with Gasteiger partial charge in [0.1, 0.15) is 0 Å². The summed E-state index contributed by atoms with van der Waals surface area (Å²) in [5.41, 5.74) is 4.21. The van der Waals surface area contributed by atoms with E-state index >= 15 is 0 Å². The number of amides is 1. The fourth-order valence-corrected chi connectivity index (χ4v) is 3.82.